The third-order valence-electron chi connectivity index (χ3n) is 0.548. The van der Waals surface area contributed by atoms with E-state index in [1.54, 1.807) is 7.05 Å². The molecule has 0 saturated heterocycles. The van der Waals surface area contributed by atoms with Crippen LogP contribution in [0.5, 0.6) is 0 Å². The summed E-state index contributed by atoms with van der Waals surface area (Å²) in [5.74, 6) is 0. The van der Waals surface area contributed by atoms with Crippen LogP contribution in [0, 0.1) is 0 Å². The van der Waals surface area contributed by atoms with Crippen LogP contribution < -0.4 is 0 Å². The zero-order valence-corrected chi connectivity index (χ0v) is 5.29. The van der Waals surface area contributed by atoms with E-state index < -0.39 is 0 Å². The van der Waals surface area contributed by atoms with Crippen LogP contribution in [-0.2, 0) is 0 Å². The Morgan fingerprint density at radius 2 is 2.14 bits per heavy atom. The molecule has 0 aliphatic carbocycles. The van der Waals surface area contributed by atoms with E-state index in [4.69, 9.17) is 11.6 Å². The van der Waals surface area contributed by atoms with Crippen LogP contribution in [-0.4, -0.2) is 12.2 Å². The molecule has 0 fully saturated rings. The van der Waals surface area contributed by atoms with Crippen LogP contribution in [0.3, 0.4) is 0 Å². The second-order valence-corrected chi connectivity index (χ2v) is 1.65. The summed E-state index contributed by atoms with van der Waals surface area (Å²) in [7, 11) is 1.64. The molecule has 0 aliphatic heterocycles. The molecule has 1 nitrogen and oxygen atoms in total. The Bertz CT molecular complexity index is 105. The minimum absolute atomic E-state index is 0.500. The van der Waals surface area contributed by atoms with Gasteiger partial charge in [-0.1, -0.05) is 18.2 Å². The van der Waals surface area contributed by atoms with Crippen LogP contribution in [0.1, 0.15) is 6.92 Å². The number of rotatable bonds is 1. The molecular formula is C5H8ClN. The molecule has 0 aromatic heterocycles. The Labute approximate surface area is 48.7 Å². The fourth-order valence-electron chi connectivity index (χ4n) is 0.191. The van der Waals surface area contributed by atoms with Crippen LogP contribution in [0.25, 0.3) is 0 Å². The van der Waals surface area contributed by atoms with Gasteiger partial charge in [-0.05, 0) is 12.5 Å². The molecule has 40 valence electrons. The van der Waals surface area contributed by atoms with E-state index in [1.807, 2.05) is 6.92 Å². The van der Waals surface area contributed by atoms with Crippen molar-refractivity contribution in [2.45, 2.75) is 6.92 Å². The minimum Gasteiger partial charge on any atom is -0.276 e. The van der Waals surface area contributed by atoms with Gasteiger partial charge in [0, 0.05) is 7.05 Å². The second-order valence-electron chi connectivity index (χ2n) is 1.29. The van der Waals surface area contributed by atoms with Gasteiger partial charge in [0.15, 0.2) is 0 Å². The van der Waals surface area contributed by atoms with Crippen molar-refractivity contribution in [3.63, 3.8) is 0 Å². The lowest BCUT2D eigenvalue weighted by Gasteiger charge is -1.87. The number of halogens is 1. The quantitative estimate of drug-likeness (QED) is 0.465. The fourth-order valence-corrected chi connectivity index (χ4v) is 0.191. The molecule has 2 heteroatoms. The molecule has 0 unspecified atom stereocenters. The summed E-state index contributed by atoms with van der Waals surface area (Å²) >= 11 is 5.45. The molecule has 0 saturated carbocycles. The van der Waals surface area contributed by atoms with E-state index >= 15 is 0 Å². The lowest BCUT2D eigenvalue weighted by molar-refractivity contribution is 1.44. The number of hydrogen-bond donors (Lipinski definition) is 0. The van der Waals surface area contributed by atoms with Crippen LogP contribution in [0.4, 0.5) is 0 Å². The molecule has 0 N–H and O–H groups in total. The first-order valence-electron chi connectivity index (χ1n) is 1.96. The van der Waals surface area contributed by atoms with Gasteiger partial charge >= 0.3 is 0 Å². The maximum atomic E-state index is 5.45. The van der Waals surface area contributed by atoms with Crippen LogP contribution >= 0.6 is 11.6 Å². The van der Waals surface area contributed by atoms with Crippen molar-refractivity contribution >= 4 is 16.8 Å². The topological polar surface area (TPSA) is 12.4 Å². The Balaban J connectivity index is 3.82. The average Bonchev–Trinajstić information content (AvgIpc) is 1.65. The summed E-state index contributed by atoms with van der Waals surface area (Å²) in [6, 6.07) is 0. The average molecular weight is 118 g/mol. The molecule has 0 rings (SSSR count). The van der Waals surface area contributed by atoms with E-state index in [0.29, 0.717) is 5.17 Å². The second kappa shape index (κ2) is 2.80. The zero-order chi connectivity index (χ0) is 5.86. The van der Waals surface area contributed by atoms with E-state index in [0.717, 1.165) is 5.57 Å². The standard InChI is InChI=1S/C5H8ClN/c1-4(2)5(6)7-3/h1H2,2-3H3. The Kier molecular flexibility index (Phi) is 2.68. The number of nitrogens with zero attached hydrogens (tertiary/aromatic N) is 1. The largest absolute Gasteiger partial charge is 0.276 e. The van der Waals surface area contributed by atoms with Gasteiger partial charge in [-0.3, -0.25) is 4.99 Å². The Morgan fingerprint density at radius 1 is 1.71 bits per heavy atom. The molecular weight excluding hydrogens is 110 g/mol. The SMILES string of the molecule is C=C(C)C(Cl)=NC. The smallest absolute Gasteiger partial charge is 0.125 e. The van der Waals surface area contributed by atoms with Crippen LogP contribution in [0.2, 0.25) is 0 Å². The van der Waals surface area contributed by atoms with Gasteiger partial charge in [-0.25, -0.2) is 0 Å². The first-order chi connectivity index (χ1) is 3.18. The van der Waals surface area contributed by atoms with E-state index in [2.05, 4.69) is 11.6 Å². The van der Waals surface area contributed by atoms with Gasteiger partial charge in [0.2, 0.25) is 0 Å². The minimum atomic E-state index is 0.500. The van der Waals surface area contributed by atoms with Crippen LogP contribution in [0.15, 0.2) is 17.1 Å². The number of hydrogen-bond acceptors (Lipinski definition) is 1. The lowest BCUT2D eigenvalue weighted by Crippen LogP contribution is -1.84. The molecule has 0 heterocycles. The Morgan fingerprint density at radius 3 is 2.14 bits per heavy atom. The molecule has 0 bridgehead atoms. The van der Waals surface area contributed by atoms with Gasteiger partial charge in [0.25, 0.3) is 0 Å². The summed E-state index contributed by atoms with van der Waals surface area (Å²) in [6.07, 6.45) is 0. The lowest BCUT2D eigenvalue weighted by atomic mass is 10.4. The highest BCUT2D eigenvalue weighted by molar-refractivity contribution is 6.69. The highest BCUT2D eigenvalue weighted by atomic mass is 35.5. The predicted octanol–water partition coefficient (Wildman–Crippen LogP) is 1.83. The summed E-state index contributed by atoms with van der Waals surface area (Å²) < 4.78 is 0. The van der Waals surface area contributed by atoms with E-state index in [-0.39, 0.29) is 0 Å². The summed E-state index contributed by atoms with van der Waals surface area (Å²) in [5, 5.41) is 0.500. The number of allylic oxidation sites excluding steroid dienone is 1. The third kappa shape index (κ3) is 2.40. The van der Waals surface area contributed by atoms with E-state index in [1.165, 1.54) is 0 Å². The van der Waals surface area contributed by atoms with Gasteiger partial charge in [-0.15, -0.1) is 0 Å². The van der Waals surface area contributed by atoms with Gasteiger partial charge in [-0.2, -0.15) is 0 Å². The van der Waals surface area contributed by atoms with Crippen molar-refractivity contribution in [2.75, 3.05) is 7.05 Å². The van der Waals surface area contributed by atoms with Gasteiger partial charge in [0.1, 0.15) is 5.17 Å². The first-order valence-corrected chi connectivity index (χ1v) is 2.34. The maximum Gasteiger partial charge on any atom is 0.125 e. The first kappa shape index (κ1) is 6.70. The van der Waals surface area contributed by atoms with Crippen molar-refractivity contribution in [2.24, 2.45) is 4.99 Å². The monoisotopic (exact) mass is 117 g/mol. The molecule has 0 atom stereocenters. The van der Waals surface area contributed by atoms with Gasteiger partial charge in [0.05, 0.1) is 0 Å². The van der Waals surface area contributed by atoms with Crippen molar-refractivity contribution < 1.29 is 0 Å². The van der Waals surface area contributed by atoms with Crippen molar-refractivity contribution in [1.29, 1.82) is 0 Å². The Hall–Kier alpha value is -0.300. The summed E-state index contributed by atoms with van der Waals surface area (Å²) in [4.78, 5) is 3.67. The summed E-state index contributed by atoms with van der Waals surface area (Å²) in [6.45, 7) is 5.38. The fraction of sp³-hybridized carbons (Fsp3) is 0.400. The molecule has 0 amide bonds. The normalized spacial score (nSPS) is 11.6. The third-order valence-corrected chi connectivity index (χ3v) is 1.04. The van der Waals surface area contributed by atoms with Crippen molar-refractivity contribution in [3.8, 4) is 0 Å². The highest BCUT2D eigenvalue weighted by Gasteiger charge is 1.87. The molecule has 0 aliphatic rings. The van der Waals surface area contributed by atoms with E-state index in [9.17, 15) is 0 Å². The summed E-state index contributed by atoms with van der Waals surface area (Å²) in [5.41, 5.74) is 0.809. The molecule has 7 heavy (non-hydrogen) atoms. The molecule has 0 spiro atoms. The predicted molar refractivity (Wildman–Crippen MR) is 34.0 cm³/mol. The van der Waals surface area contributed by atoms with Crippen molar-refractivity contribution in [1.82, 2.24) is 0 Å². The maximum absolute atomic E-state index is 5.45. The van der Waals surface area contributed by atoms with Gasteiger partial charge < -0.3 is 0 Å². The molecule has 0 aromatic carbocycles. The molecule has 0 radical (unpaired) electrons. The highest BCUT2D eigenvalue weighted by Crippen LogP contribution is 1.95. The van der Waals surface area contributed by atoms with Crippen molar-refractivity contribution in [3.05, 3.63) is 12.2 Å². The number of aliphatic imine (C=N–C) groups is 1. The molecule has 0 aromatic rings. The zero-order valence-electron chi connectivity index (χ0n) is 4.53.